The fourth-order valence-corrected chi connectivity index (χ4v) is 2.42. The Labute approximate surface area is 156 Å². The van der Waals surface area contributed by atoms with E-state index >= 15 is 0 Å². The maximum atomic E-state index is 12.3. The van der Waals surface area contributed by atoms with Crippen LogP contribution in [0.4, 0.5) is 11.5 Å². The highest BCUT2D eigenvalue weighted by Gasteiger charge is 2.09. The summed E-state index contributed by atoms with van der Waals surface area (Å²) in [5.41, 5.74) is 1.81. The maximum Gasteiger partial charge on any atom is 0.256 e. The first-order valence-electron chi connectivity index (χ1n) is 8.24. The summed E-state index contributed by atoms with van der Waals surface area (Å²) in [5.74, 6) is 0.589. The van der Waals surface area contributed by atoms with Crippen molar-refractivity contribution in [2.45, 2.75) is 6.42 Å². The van der Waals surface area contributed by atoms with Gasteiger partial charge in [0.15, 0.2) is 5.82 Å². The molecule has 0 aliphatic rings. The molecular weight excluding hydrogens is 344 g/mol. The molecule has 0 saturated heterocycles. The lowest BCUT2D eigenvalue weighted by Gasteiger charge is -2.08. The van der Waals surface area contributed by atoms with E-state index in [0.717, 1.165) is 11.3 Å². The van der Waals surface area contributed by atoms with Crippen molar-refractivity contribution in [1.29, 1.82) is 0 Å². The molecule has 0 atom stereocenters. The molecule has 136 valence electrons. The zero-order valence-corrected chi connectivity index (χ0v) is 14.7. The van der Waals surface area contributed by atoms with Gasteiger partial charge in [-0.15, -0.1) is 0 Å². The highest BCUT2D eigenvalue weighted by atomic mass is 16.5. The van der Waals surface area contributed by atoms with Crippen molar-refractivity contribution in [3.63, 3.8) is 0 Å². The summed E-state index contributed by atoms with van der Waals surface area (Å²) in [7, 11) is 1.59. The Bertz CT molecular complexity index is 927. The minimum atomic E-state index is -0.332. The number of nitrogens with zero attached hydrogens (tertiary/aromatic N) is 2. The zero-order valence-electron chi connectivity index (χ0n) is 14.7. The first-order valence-corrected chi connectivity index (χ1v) is 8.24. The normalized spacial score (nSPS) is 10.1. The van der Waals surface area contributed by atoms with E-state index in [1.165, 1.54) is 18.6 Å². The number of amides is 2. The molecule has 0 fully saturated rings. The molecule has 0 aliphatic carbocycles. The number of aromatic nitrogens is 2. The highest BCUT2D eigenvalue weighted by Crippen LogP contribution is 2.15. The van der Waals surface area contributed by atoms with Gasteiger partial charge in [0.2, 0.25) is 5.91 Å². The Morgan fingerprint density at radius 2 is 1.85 bits per heavy atom. The number of ether oxygens (including phenoxy) is 1. The van der Waals surface area contributed by atoms with Crippen LogP contribution in [-0.4, -0.2) is 28.9 Å². The number of carbonyl (C=O) groups is 2. The maximum absolute atomic E-state index is 12.3. The van der Waals surface area contributed by atoms with Gasteiger partial charge in [0, 0.05) is 23.6 Å². The quantitative estimate of drug-likeness (QED) is 0.703. The summed E-state index contributed by atoms with van der Waals surface area (Å²) in [6.07, 6.45) is 4.69. The third kappa shape index (κ3) is 5.12. The molecule has 0 unspecified atom stereocenters. The minimum Gasteiger partial charge on any atom is -0.497 e. The van der Waals surface area contributed by atoms with Gasteiger partial charge in [0.1, 0.15) is 5.75 Å². The summed E-state index contributed by atoms with van der Waals surface area (Å²) in [4.78, 5) is 32.4. The van der Waals surface area contributed by atoms with E-state index in [1.807, 2.05) is 12.1 Å². The summed E-state index contributed by atoms with van der Waals surface area (Å²) >= 11 is 0. The predicted octanol–water partition coefficient (Wildman–Crippen LogP) is 2.92. The van der Waals surface area contributed by atoms with Gasteiger partial charge in [-0.25, -0.2) is 4.98 Å². The fourth-order valence-electron chi connectivity index (χ4n) is 2.42. The molecule has 3 aromatic rings. The average molecular weight is 362 g/mol. The molecule has 7 heteroatoms. The van der Waals surface area contributed by atoms with Gasteiger partial charge in [0.05, 0.1) is 19.7 Å². The van der Waals surface area contributed by atoms with Gasteiger partial charge in [-0.3, -0.25) is 14.6 Å². The third-order valence-corrected chi connectivity index (χ3v) is 3.74. The standard InChI is InChI=1S/C20H18N4O3/c1-27-17-7-5-14(6-8-17)11-19(25)23-16-4-2-3-15(12-16)20(26)24-18-13-21-9-10-22-18/h2-10,12-13H,11H2,1H3,(H,23,25)(H,22,24,26). The summed E-state index contributed by atoms with van der Waals surface area (Å²) in [6, 6.07) is 14.0. The summed E-state index contributed by atoms with van der Waals surface area (Å²) in [6.45, 7) is 0. The van der Waals surface area contributed by atoms with Crippen LogP contribution >= 0.6 is 0 Å². The second-order valence-electron chi connectivity index (χ2n) is 5.70. The topological polar surface area (TPSA) is 93.2 Å². The third-order valence-electron chi connectivity index (χ3n) is 3.74. The molecule has 0 saturated carbocycles. The van der Waals surface area contributed by atoms with Crippen molar-refractivity contribution in [1.82, 2.24) is 9.97 Å². The van der Waals surface area contributed by atoms with Crippen molar-refractivity contribution in [2.75, 3.05) is 17.7 Å². The number of anilines is 2. The summed E-state index contributed by atoms with van der Waals surface area (Å²) in [5, 5.41) is 5.45. The lowest BCUT2D eigenvalue weighted by Crippen LogP contribution is -2.16. The van der Waals surface area contributed by atoms with Crippen molar-refractivity contribution >= 4 is 23.3 Å². The van der Waals surface area contributed by atoms with Crippen molar-refractivity contribution < 1.29 is 14.3 Å². The van der Waals surface area contributed by atoms with Crippen molar-refractivity contribution in [2.24, 2.45) is 0 Å². The van der Waals surface area contributed by atoms with E-state index in [9.17, 15) is 9.59 Å². The number of methoxy groups -OCH3 is 1. The van der Waals surface area contributed by atoms with E-state index in [1.54, 1.807) is 43.5 Å². The number of hydrogen-bond acceptors (Lipinski definition) is 5. The molecule has 1 aromatic heterocycles. The minimum absolute atomic E-state index is 0.174. The van der Waals surface area contributed by atoms with Gasteiger partial charge < -0.3 is 15.4 Å². The monoisotopic (exact) mass is 362 g/mol. The molecule has 0 bridgehead atoms. The second-order valence-corrected chi connectivity index (χ2v) is 5.70. The molecule has 0 spiro atoms. The number of carbonyl (C=O) groups excluding carboxylic acids is 2. The Kier molecular flexibility index (Phi) is 5.73. The molecular formula is C20H18N4O3. The summed E-state index contributed by atoms with van der Waals surface area (Å²) < 4.78 is 5.10. The predicted molar refractivity (Wildman–Crippen MR) is 102 cm³/mol. The molecule has 27 heavy (non-hydrogen) atoms. The molecule has 7 nitrogen and oxygen atoms in total. The van der Waals surface area contributed by atoms with Gasteiger partial charge >= 0.3 is 0 Å². The van der Waals surface area contributed by atoms with Crippen LogP contribution in [0.5, 0.6) is 5.75 Å². The van der Waals surface area contributed by atoms with Gasteiger partial charge in [0.25, 0.3) is 5.91 Å². The fraction of sp³-hybridized carbons (Fsp3) is 0.100. The number of hydrogen-bond donors (Lipinski definition) is 2. The lowest BCUT2D eigenvalue weighted by molar-refractivity contribution is -0.115. The molecule has 0 aliphatic heterocycles. The average Bonchev–Trinajstić information content (AvgIpc) is 2.69. The highest BCUT2D eigenvalue weighted by molar-refractivity contribution is 6.04. The first-order chi connectivity index (χ1) is 13.1. The first kappa shape index (κ1) is 18.1. The Hall–Kier alpha value is -3.74. The van der Waals surface area contributed by atoms with E-state index < -0.39 is 0 Å². The molecule has 1 heterocycles. The smallest absolute Gasteiger partial charge is 0.256 e. The van der Waals surface area contributed by atoms with E-state index in [-0.39, 0.29) is 18.2 Å². The largest absolute Gasteiger partial charge is 0.497 e. The molecule has 0 radical (unpaired) electrons. The zero-order chi connectivity index (χ0) is 19.1. The second kappa shape index (κ2) is 8.57. The van der Waals surface area contributed by atoms with Crippen LogP contribution in [-0.2, 0) is 11.2 Å². The molecule has 2 N–H and O–H groups in total. The van der Waals surface area contributed by atoms with Gasteiger partial charge in [-0.1, -0.05) is 18.2 Å². The molecule has 3 rings (SSSR count). The van der Waals surface area contributed by atoms with Crippen molar-refractivity contribution in [3.8, 4) is 5.75 Å². The number of benzene rings is 2. The Morgan fingerprint density at radius 1 is 1.04 bits per heavy atom. The van der Waals surface area contributed by atoms with Crippen LogP contribution in [0.15, 0.2) is 67.1 Å². The van der Waals surface area contributed by atoms with Crippen LogP contribution in [0.25, 0.3) is 0 Å². The van der Waals surface area contributed by atoms with Gasteiger partial charge in [-0.2, -0.15) is 0 Å². The Morgan fingerprint density at radius 3 is 2.56 bits per heavy atom. The van der Waals surface area contributed by atoms with E-state index in [0.29, 0.717) is 17.1 Å². The van der Waals surface area contributed by atoms with Crippen LogP contribution in [0.3, 0.4) is 0 Å². The van der Waals surface area contributed by atoms with E-state index in [4.69, 9.17) is 4.74 Å². The van der Waals surface area contributed by atoms with Crippen molar-refractivity contribution in [3.05, 3.63) is 78.2 Å². The van der Waals surface area contributed by atoms with Gasteiger partial charge in [-0.05, 0) is 35.9 Å². The SMILES string of the molecule is COc1ccc(CC(=O)Nc2cccc(C(=O)Nc3cnccn3)c2)cc1. The van der Waals surface area contributed by atoms with Crippen LogP contribution in [0.1, 0.15) is 15.9 Å². The number of rotatable bonds is 6. The van der Waals surface area contributed by atoms with E-state index in [2.05, 4.69) is 20.6 Å². The van der Waals surface area contributed by atoms with Crippen LogP contribution < -0.4 is 15.4 Å². The van der Waals surface area contributed by atoms with Crippen LogP contribution in [0, 0.1) is 0 Å². The lowest BCUT2D eigenvalue weighted by atomic mass is 10.1. The number of nitrogens with one attached hydrogen (secondary N) is 2. The Balaban J connectivity index is 1.62. The molecule has 2 aromatic carbocycles. The van der Waals surface area contributed by atoms with Crippen LogP contribution in [0.2, 0.25) is 0 Å². The molecule has 2 amide bonds.